The lowest BCUT2D eigenvalue weighted by Gasteiger charge is -2.08. The molecule has 0 fully saturated rings. The van der Waals surface area contributed by atoms with Crippen molar-refractivity contribution in [3.63, 3.8) is 0 Å². The lowest BCUT2D eigenvalue weighted by Crippen LogP contribution is -2.12. The number of nitrogens with one attached hydrogen (secondary N) is 1. The predicted octanol–water partition coefficient (Wildman–Crippen LogP) is 2.13. The van der Waals surface area contributed by atoms with Crippen LogP contribution in [0.2, 0.25) is 0 Å². The number of carbonyl (C=O) groups excluding carboxylic acids is 1. The van der Waals surface area contributed by atoms with Gasteiger partial charge in [-0.3, -0.25) is 5.32 Å². The number of hydrogen-bond donors (Lipinski definition) is 1. The molecule has 0 aromatic heterocycles. The van der Waals surface area contributed by atoms with Crippen molar-refractivity contribution in [3.05, 3.63) is 34.9 Å². The van der Waals surface area contributed by atoms with Gasteiger partial charge in [-0.25, -0.2) is 0 Å². The van der Waals surface area contributed by atoms with Crippen molar-refractivity contribution in [2.75, 3.05) is 0 Å². The molecule has 16 heavy (non-hydrogen) atoms. The molecule has 0 spiro atoms. The topological polar surface area (TPSA) is 29.1 Å². The van der Waals surface area contributed by atoms with E-state index in [0.29, 0.717) is 6.54 Å². The van der Waals surface area contributed by atoms with Gasteiger partial charge < -0.3 is 4.79 Å². The summed E-state index contributed by atoms with van der Waals surface area (Å²) < 4.78 is 36.5. The highest BCUT2D eigenvalue weighted by Gasteiger charge is 2.29. The Labute approximate surface area is 90.5 Å². The quantitative estimate of drug-likeness (QED) is 0.787. The van der Waals surface area contributed by atoms with Crippen LogP contribution in [-0.4, -0.2) is 12.5 Å². The van der Waals surface area contributed by atoms with Crippen molar-refractivity contribution in [1.82, 2.24) is 5.32 Å². The summed E-state index contributed by atoms with van der Waals surface area (Å²) in [5.74, 6) is 0. The molecule has 1 aromatic carbocycles. The summed E-state index contributed by atoms with van der Waals surface area (Å²) in [7, 11) is 0. The van der Waals surface area contributed by atoms with Gasteiger partial charge in [-0.15, -0.1) is 0 Å². The molecule has 2 rings (SSSR count). The Hall–Kier alpha value is -1.36. The van der Waals surface area contributed by atoms with Gasteiger partial charge in [-0.1, -0.05) is 18.2 Å². The van der Waals surface area contributed by atoms with E-state index in [0.717, 1.165) is 17.4 Å². The van der Waals surface area contributed by atoms with Crippen molar-refractivity contribution in [3.8, 4) is 0 Å². The lowest BCUT2D eigenvalue weighted by atomic mass is 10.0. The minimum Gasteiger partial charge on any atom is -0.301 e. The second-order valence-corrected chi connectivity index (χ2v) is 3.82. The largest absolute Gasteiger partial charge is 0.393 e. The first kappa shape index (κ1) is 11.1. The molecule has 1 aromatic rings. The van der Waals surface area contributed by atoms with Crippen molar-refractivity contribution in [2.24, 2.45) is 0 Å². The second-order valence-electron chi connectivity index (χ2n) is 3.82. The molecule has 1 N–H and O–H groups in total. The number of benzene rings is 1. The fourth-order valence-corrected chi connectivity index (χ4v) is 1.91. The van der Waals surface area contributed by atoms with Crippen LogP contribution in [-0.2, 0) is 17.8 Å². The van der Waals surface area contributed by atoms with Gasteiger partial charge in [-0.05, 0) is 16.7 Å². The maximum Gasteiger partial charge on any atom is 0.393 e. The summed E-state index contributed by atoms with van der Waals surface area (Å²) >= 11 is 0. The SMILES string of the molecule is O=CC1NCc2cc(CC(F)(F)F)ccc21. The van der Waals surface area contributed by atoms with E-state index in [1.165, 1.54) is 12.1 Å². The molecule has 1 heterocycles. The van der Waals surface area contributed by atoms with E-state index in [9.17, 15) is 18.0 Å². The molecule has 0 radical (unpaired) electrons. The standard InChI is InChI=1S/C11H10F3NO/c12-11(13,14)4-7-1-2-9-8(3-7)5-15-10(9)6-16/h1-3,6,10,15H,4-5H2. The number of rotatable bonds is 2. The molecule has 2 nitrogen and oxygen atoms in total. The number of alkyl halides is 3. The van der Waals surface area contributed by atoms with Crippen LogP contribution in [0.3, 0.4) is 0 Å². The van der Waals surface area contributed by atoms with Gasteiger partial charge in [0.05, 0.1) is 12.5 Å². The fraction of sp³-hybridized carbons (Fsp3) is 0.364. The zero-order valence-corrected chi connectivity index (χ0v) is 8.34. The van der Waals surface area contributed by atoms with Gasteiger partial charge in [0.15, 0.2) is 0 Å². The highest BCUT2D eigenvalue weighted by atomic mass is 19.4. The zero-order chi connectivity index (χ0) is 11.8. The molecule has 0 saturated carbocycles. The molecular formula is C11H10F3NO. The molecule has 1 unspecified atom stereocenters. The summed E-state index contributed by atoms with van der Waals surface area (Å²) in [6, 6.07) is 4.15. The second kappa shape index (κ2) is 3.90. The minimum absolute atomic E-state index is 0.236. The first-order chi connectivity index (χ1) is 7.49. The third kappa shape index (κ3) is 2.24. The number of fused-ring (bicyclic) bond motifs is 1. The lowest BCUT2D eigenvalue weighted by molar-refractivity contribution is -0.127. The van der Waals surface area contributed by atoms with Crippen LogP contribution < -0.4 is 5.32 Å². The van der Waals surface area contributed by atoms with Gasteiger partial charge in [0, 0.05) is 6.54 Å². The van der Waals surface area contributed by atoms with Gasteiger partial charge in [-0.2, -0.15) is 13.2 Å². The summed E-state index contributed by atoms with van der Waals surface area (Å²) in [6.45, 7) is 0.449. The highest BCUT2D eigenvalue weighted by Crippen LogP contribution is 2.27. The Balaban J connectivity index is 2.25. The van der Waals surface area contributed by atoms with E-state index in [1.807, 2.05) is 0 Å². The first-order valence-corrected chi connectivity index (χ1v) is 4.87. The fourth-order valence-electron chi connectivity index (χ4n) is 1.91. The van der Waals surface area contributed by atoms with Crippen LogP contribution >= 0.6 is 0 Å². The molecule has 1 aliphatic rings. The molecule has 0 saturated heterocycles. The molecule has 1 aliphatic heterocycles. The van der Waals surface area contributed by atoms with Crippen molar-refractivity contribution in [1.29, 1.82) is 0 Å². The highest BCUT2D eigenvalue weighted by molar-refractivity contribution is 5.64. The van der Waals surface area contributed by atoms with E-state index >= 15 is 0 Å². The van der Waals surface area contributed by atoms with Crippen molar-refractivity contribution >= 4 is 6.29 Å². The van der Waals surface area contributed by atoms with Crippen LogP contribution in [0.5, 0.6) is 0 Å². The maximum atomic E-state index is 12.2. The smallest absolute Gasteiger partial charge is 0.301 e. The van der Waals surface area contributed by atoms with E-state index in [1.54, 1.807) is 6.07 Å². The number of carbonyl (C=O) groups is 1. The first-order valence-electron chi connectivity index (χ1n) is 4.87. The number of halogens is 3. The van der Waals surface area contributed by atoms with Gasteiger partial charge in [0.2, 0.25) is 0 Å². The Kier molecular flexibility index (Phi) is 2.71. The Morgan fingerprint density at radius 2 is 2.19 bits per heavy atom. The van der Waals surface area contributed by atoms with Crippen LogP contribution in [0.15, 0.2) is 18.2 Å². The third-order valence-electron chi connectivity index (χ3n) is 2.60. The summed E-state index contributed by atoms with van der Waals surface area (Å²) in [5, 5.41) is 2.91. The summed E-state index contributed by atoms with van der Waals surface area (Å²) in [4.78, 5) is 10.6. The van der Waals surface area contributed by atoms with Crippen LogP contribution in [0, 0.1) is 0 Å². The average molecular weight is 229 g/mol. The molecule has 5 heteroatoms. The van der Waals surface area contributed by atoms with E-state index < -0.39 is 12.6 Å². The van der Waals surface area contributed by atoms with Gasteiger partial charge >= 0.3 is 6.18 Å². The van der Waals surface area contributed by atoms with Gasteiger partial charge in [0.1, 0.15) is 6.29 Å². The van der Waals surface area contributed by atoms with Gasteiger partial charge in [0.25, 0.3) is 0 Å². The van der Waals surface area contributed by atoms with Crippen LogP contribution in [0.1, 0.15) is 22.7 Å². The Morgan fingerprint density at radius 1 is 1.44 bits per heavy atom. The Morgan fingerprint density at radius 3 is 2.81 bits per heavy atom. The normalized spacial score (nSPS) is 19.6. The van der Waals surface area contributed by atoms with Crippen molar-refractivity contribution < 1.29 is 18.0 Å². The minimum atomic E-state index is -4.19. The molecule has 0 bridgehead atoms. The molecular weight excluding hydrogens is 219 g/mol. The molecule has 86 valence electrons. The van der Waals surface area contributed by atoms with Crippen LogP contribution in [0.25, 0.3) is 0 Å². The number of hydrogen-bond acceptors (Lipinski definition) is 2. The van der Waals surface area contributed by atoms with Crippen molar-refractivity contribution in [2.45, 2.75) is 25.2 Å². The Bertz CT molecular complexity index is 414. The van der Waals surface area contributed by atoms with E-state index in [2.05, 4.69) is 5.32 Å². The number of aldehydes is 1. The predicted molar refractivity (Wildman–Crippen MR) is 51.8 cm³/mol. The third-order valence-corrected chi connectivity index (χ3v) is 2.60. The average Bonchev–Trinajstić information content (AvgIpc) is 2.57. The molecule has 0 aliphatic carbocycles. The molecule has 0 amide bonds. The zero-order valence-electron chi connectivity index (χ0n) is 8.34. The van der Waals surface area contributed by atoms with E-state index in [-0.39, 0.29) is 11.6 Å². The monoisotopic (exact) mass is 229 g/mol. The maximum absolute atomic E-state index is 12.2. The molecule has 1 atom stereocenters. The summed E-state index contributed by atoms with van der Waals surface area (Å²) in [6.07, 6.45) is -4.36. The summed E-state index contributed by atoms with van der Waals surface area (Å²) in [5.41, 5.74) is 1.79. The van der Waals surface area contributed by atoms with Crippen LogP contribution in [0.4, 0.5) is 13.2 Å². The van der Waals surface area contributed by atoms with E-state index in [4.69, 9.17) is 0 Å².